The molecule has 1 aromatic rings. The number of nitrogens with zero attached hydrogens (tertiary/aromatic N) is 2. The normalized spacial score (nSPS) is 17.2. The SMILES string of the molecule is CCCN1CCC(c2cccc(OC(F)(F)F)c2C#N)CC1. The topological polar surface area (TPSA) is 36.3 Å². The van der Waals surface area contributed by atoms with Crippen LogP contribution in [0.4, 0.5) is 13.2 Å². The van der Waals surface area contributed by atoms with Gasteiger partial charge in [-0.15, -0.1) is 13.2 Å². The van der Waals surface area contributed by atoms with Gasteiger partial charge in [0, 0.05) is 0 Å². The maximum absolute atomic E-state index is 12.4. The van der Waals surface area contributed by atoms with Crippen LogP contribution in [0, 0.1) is 11.3 Å². The van der Waals surface area contributed by atoms with Crippen LogP contribution in [0.1, 0.15) is 43.2 Å². The summed E-state index contributed by atoms with van der Waals surface area (Å²) in [4.78, 5) is 2.35. The molecule has 6 heteroatoms. The van der Waals surface area contributed by atoms with Gasteiger partial charge in [-0.3, -0.25) is 0 Å². The second-order valence-electron chi connectivity index (χ2n) is 5.50. The van der Waals surface area contributed by atoms with E-state index in [2.05, 4.69) is 16.6 Å². The zero-order chi connectivity index (χ0) is 16.2. The highest BCUT2D eigenvalue weighted by atomic mass is 19.4. The minimum atomic E-state index is -4.78. The van der Waals surface area contributed by atoms with Gasteiger partial charge in [0.1, 0.15) is 11.8 Å². The molecule has 0 spiro atoms. The summed E-state index contributed by atoms with van der Waals surface area (Å²) < 4.78 is 41.3. The summed E-state index contributed by atoms with van der Waals surface area (Å²) in [6, 6.07) is 6.34. The standard InChI is InChI=1S/C16H19F3N2O/c1-2-8-21-9-6-12(7-10-21)13-4-3-5-15(14(13)11-20)22-16(17,18)19/h3-5,12H,2,6-10H2,1H3. The van der Waals surface area contributed by atoms with Gasteiger partial charge in [0.2, 0.25) is 0 Å². The van der Waals surface area contributed by atoms with Gasteiger partial charge in [-0.2, -0.15) is 5.26 Å². The molecule has 1 saturated heterocycles. The Morgan fingerprint density at radius 3 is 2.55 bits per heavy atom. The fourth-order valence-electron chi connectivity index (χ4n) is 3.00. The first kappa shape index (κ1) is 16.6. The highest BCUT2D eigenvalue weighted by Gasteiger charge is 2.33. The molecule has 1 aliphatic heterocycles. The summed E-state index contributed by atoms with van der Waals surface area (Å²) in [7, 11) is 0. The van der Waals surface area contributed by atoms with Crippen molar-refractivity contribution in [3.63, 3.8) is 0 Å². The Kier molecular flexibility index (Phi) is 5.30. The Labute approximate surface area is 128 Å². The van der Waals surface area contributed by atoms with Gasteiger partial charge in [-0.25, -0.2) is 0 Å². The zero-order valence-corrected chi connectivity index (χ0v) is 12.5. The molecule has 0 aromatic heterocycles. The van der Waals surface area contributed by atoms with E-state index in [1.54, 1.807) is 6.07 Å². The molecule has 0 aliphatic carbocycles. The van der Waals surface area contributed by atoms with Crippen molar-refractivity contribution >= 4 is 0 Å². The van der Waals surface area contributed by atoms with Crippen molar-refractivity contribution < 1.29 is 17.9 Å². The van der Waals surface area contributed by atoms with E-state index in [-0.39, 0.29) is 11.5 Å². The molecule has 1 aliphatic rings. The highest BCUT2D eigenvalue weighted by Crippen LogP contribution is 2.35. The smallest absolute Gasteiger partial charge is 0.404 e. The maximum Gasteiger partial charge on any atom is 0.573 e. The van der Waals surface area contributed by atoms with Crippen LogP contribution in [0.2, 0.25) is 0 Å². The molecule has 0 bridgehead atoms. The summed E-state index contributed by atoms with van der Waals surface area (Å²) >= 11 is 0. The Balaban J connectivity index is 2.18. The lowest BCUT2D eigenvalue weighted by atomic mass is 9.86. The molecule has 0 atom stereocenters. The predicted molar refractivity (Wildman–Crippen MR) is 76.5 cm³/mol. The first-order chi connectivity index (χ1) is 10.4. The van der Waals surface area contributed by atoms with Gasteiger partial charge in [-0.05, 0) is 56.4 Å². The number of piperidine rings is 1. The van der Waals surface area contributed by atoms with Gasteiger partial charge >= 0.3 is 6.36 Å². The summed E-state index contributed by atoms with van der Waals surface area (Å²) in [6.07, 6.45) is -1.99. The quantitative estimate of drug-likeness (QED) is 0.841. The van der Waals surface area contributed by atoms with Gasteiger partial charge in [0.05, 0.1) is 5.56 Å². The fourth-order valence-corrected chi connectivity index (χ4v) is 3.00. The number of hydrogen-bond acceptors (Lipinski definition) is 3. The number of halogens is 3. The molecular weight excluding hydrogens is 293 g/mol. The summed E-state index contributed by atoms with van der Waals surface area (Å²) in [5.41, 5.74) is 0.675. The van der Waals surface area contributed by atoms with Crippen molar-refractivity contribution in [2.45, 2.75) is 38.5 Å². The van der Waals surface area contributed by atoms with Gasteiger partial charge < -0.3 is 9.64 Å². The number of nitriles is 1. The zero-order valence-electron chi connectivity index (χ0n) is 12.5. The predicted octanol–water partition coefficient (Wildman–Crippen LogP) is 4.05. The van der Waals surface area contributed by atoms with Gasteiger partial charge in [-0.1, -0.05) is 19.1 Å². The lowest BCUT2D eigenvalue weighted by Gasteiger charge is -2.32. The van der Waals surface area contributed by atoms with Crippen LogP contribution in [-0.4, -0.2) is 30.9 Å². The van der Waals surface area contributed by atoms with E-state index < -0.39 is 12.1 Å². The molecule has 22 heavy (non-hydrogen) atoms. The van der Waals surface area contributed by atoms with E-state index in [1.807, 2.05) is 6.07 Å². The first-order valence-corrected chi connectivity index (χ1v) is 7.45. The number of ether oxygens (including phenoxy) is 1. The van der Waals surface area contributed by atoms with E-state index in [4.69, 9.17) is 0 Å². The van der Waals surface area contributed by atoms with E-state index in [1.165, 1.54) is 12.1 Å². The van der Waals surface area contributed by atoms with Crippen LogP contribution in [0.5, 0.6) is 5.75 Å². The first-order valence-electron chi connectivity index (χ1n) is 7.45. The summed E-state index contributed by atoms with van der Waals surface area (Å²) in [5.74, 6) is -0.289. The molecule has 0 N–H and O–H groups in total. The van der Waals surface area contributed by atoms with Crippen molar-refractivity contribution in [2.24, 2.45) is 0 Å². The molecule has 1 heterocycles. The lowest BCUT2D eigenvalue weighted by Crippen LogP contribution is -2.33. The Morgan fingerprint density at radius 1 is 1.32 bits per heavy atom. The number of alkyl halides is 3. The van der Waals surface area contributed by atoms with E-state index in [0.717, 1.165) is 38.9 Å². The molecule has 1 fully saturated rings. The van der Waals surface area contributed by atoms with Gasteiger partial charge in [0.25, 0.3) is 0 Å². The van der Waals surface area contributed by atoms with Crippen LogP contribution in [0.25, 0.3) is 0 Å². The lowest BCUT2D eigenvalue weighted by molar-refractivity contribution is -0.274. The molecule has 0 radical (unpaired) electrons. The van der Waals surface area contributed by atoms with Crippen LogP contribution in [0.15, 0.2) is 18.2 Å². The molecule has 120 valence electrons. The average molecular weight is 312 g/mol. The number of rotatable bonds is 4. The van der Waals surface area contributed by atoms with Crippen LogP contribution in [0.3, 0.4) is 0 Å². The number of likely N-dealkylation sites (tertiary alicyclic amines) is 1. The molecule has 0 unspecified atom stereocenters. The molecule has 3 nitrogen and oxygen atoms in total. The van der Waals surface area contributed by atoms with Crippen molar-refractivity contribution in [2.75, 3.05) is 19.6 Å². The minimum absolute atomic E-state index is 0.00812. The largest absolute Gasteiger partial charge is 0.573 e. The Hall–Kier alpha value is -1.74. The summed E-state index contributed by atoms with van der Waals surface area (Å²) in [6.45, 7) is 4.98. The van der Waals surface area contributed by atoms with Crippen LogP contribution < -0.4 is 4.74 Å². The molecule has 0 amide bonds. The minimum Gasteiger partial charge on any atom is -0.404 e. The van der Waals surface area contributed by atoms with Crippen LogP contribution in [-0.2, 0) is 0 Å². The Morgan fingerprint density at radius 2 is 2.00 bits per heavy atom. The third kappa shape index (κ3) is 4.14. The fraction of sp³-hybridized carbons (Fsp3) is 0.562. The third-order valence-electron chi connectivity index (χ3n) is 3.96. The van der Waals surface area contributed by atoms with Crippen molar-refractivity contribution in [1.82, 2.24) is 4.90 Å². The molecule has 0 saturated carbocycles. The van der Waals surface area contributed by atoms with E-state index in [9.17, 15) is 18.4 Å². The second-order valence-corrected chi connectivity index (χ2v) is 5.50. The van der Waals surface area contributed by atoms with E-state index >= 15 is 0 Å². The third-order valence-corrected chi connectivity index (χ3v) is 3.96. The van der Waals surface area contributed by atoms with E-state index in [0.29, 0.717) is 5.56 Å². The second kappa shape index (κ2) is 7.01. The van der Waals surface area contributed by atoms with Crippen molar-refractivity contribution in [1.29, 1.82) is 5.26 Å². The molecule has 2 rings (SSSR count). The highest BCUT2D eigenvalue weighted by molar-refractivity contribution is 5.50. The number of benzene rings is 1. The Bertz CT molecular complexity index is 543. The van der Waals surface area contributed by atoms with Gasteiger partial charge in [0.15, 0.2) is 0 Å². The number of hydrogen-bond donors (Lipinski definition) is 0. The average Bonchev–Trinajstić information content (AvgIpc) is 2.46. The van der Waals surface area contributed by atoms with Crippen molar-refractivity contribution in [3.05, 3.63) is 29.3 Å². The van der Waals surface area contributed by atoms with Crippen LogP contribution >= 0.6 is 0 Å². The van der Waals surface area contributed by atoms with Crippen molar-refractivity contribution in [3.8, 4) is 11.8 Å². The molecule has 1 aromatic carbocycles. The molecular formula is C16H19F3N2O. The monoisotopic (exact) mass is 312 g/mol. The maximum atomic E-state index is 12.4. The summed E-state index contributed by atoms with van der Waals surface area (Å²) in [5, 5.41) is 9.26.